The normalized spacial score (nSPS) is 31.9. The highest BCUT2D eigenvalue weighted by molar-refractivity contribution is 5.78. The molecule has 1 unspecified atom stereocenters. The molecule has 0 spiro atoms. The Morgan fingerprint density at radius 3 is 2.92 bits per heavy atom. The van der Waals surface area contributed by atoms with Crippen molar-refractivity contribution in [2.45, 2.75) is 18.9 Å². The highest BCUT2D eigenvalue weighted by Gasteiger charge is 2.33. The average Bonchev–Trinajstić information content (AvgIpc) is 2.61. The van der Waals surface area contributed by atoms with Crippen LogP contribution in [-0.2, 0) is 4.79 Å². The van der Waals surface area contributed by atoms with E-state index in [0.29, 0.717) is 12.5 Å². The number of hydrazine groups is 1. The van der Waals surface area contributed by atoms with Crippen molar-refractivity contribution in [1.82, 2.24) is 15.3 Å². The van der Waals surface area contributed by atoms with E-state index < -0.39 is 0 Å². The third kappa shape index (κ3) is 1.21. The van der Waals surface area contributed by atoms with Gasteiger partial charge in [-0.2, -0.15) is 0 Å². The van der Waals surface area contributed by atoms with E-state index in [4.69, 9.17) is 0 Å². The molecule has 0 bridgehead atoms. The summed E-state index contributed by atoms with van der Waals surface area (Å²) in [7, 11) is 1.99. The summed E-state index contributed by atoms with van der Waals surface area (Å²) in [5.74, 6) is 0.284. The Bertz CT molecular complexity index is 189. The first-order valence-electron chi connectivity index (χ1n) is 4.53. The van der Waals surface area contributed by atoms with E-state index in [-0.39, 0.29) is 5.91 Å². The van der Waals surface area contributed by atoms with E-state index in [1.807, 2.05) is 17.1 Å². The van der Waals surface area contributed by atoms with Crippen molar-refractivity contribution in [2.75, 3.05) is 26.7 Å². The number of nitrogens with one attached hydrogen (secondary N) is 1. The number of hydrogen-bond donors (Lipinski definition) is 1. The third-order valence-corrected chi connectivity index (χ3v) is 2.65. The number of carbonyl (C=O) groups excluding carboxylic acids is 1. The van der Waals surface area contributed by atoms with E-state index in [2.05, 4.69) is 5.32 Å². The fourth-order valence-corrected chi connectivity index (χ4v) is 2.00. The second-order valence-corrected chi connectivity index (χ2v) is 3.52. The minimum atomic E-state index is 0.284. The summed E-state index contributed by atoms with van der Waals surface area (Å²) >= 11 is 0. The van der Waals surface area contributed by atoms with Crippen LogP contribution in [0.3, 0.4) is 0 Å². The fourth-order valence-electron chi connectivity index (χ4n) is 2.00. The summed E-state index contributed by atoms with van der Waals surface area (Å²) in [6.07, 6.45) is 1.78. The van der Waals surface area contributed by atoms with Crippen LogP contribution in [0.15, 0.2) is 0 Å². The maximum atomic E-state index is 11.4. The van der Waals surface area contributed by atoms with Crippen LogP contribution < -0.4 is 5.32 Å². The van der Waals surface area contributed by atoms with Gasteiger partial charge in [-0.15, -0.1) is 0 Å². The molecule has 0 radical (unpaired) electrons. The molecule has 4 heteroatoms. The van der Waals surface area contributed by atoms with Gasteiger partial charge < -0.3 is 5.32 Å². The molecule has 1 atom stereocenters. The van der Waals surface area contributed by atoms with Crippen molar-refractivity contribution >= 4 is 5.91 Å². The van der Waals surface area contributed by atoms with Gasteiger partial charge in [0.05, 0.1) is 6.04 Å². The molecule has 1 amide bonds. The minimum absolute atomic E-state index is 0.284. The van der Waals surface area contributed by atoms with Crippen LogP contribution in [-0.4, -0.2) is 48.6 Å². The lowest BCUT2D eigenvalue weighted by Crippen LogP contribution is -2.45. The highest BCUT2D eigenvalue weighted by atomic mass is 16.2. The van der Waals surface area contributed by atoms with Crippen molar-refractivity contribution < 1.29 is 4.79 Å². The van der Waals surface area contributed by atoms with Crippen molar-refractivity contribution in [3.8, 4) is 0 Å². The maximum Gasteiger partial charge on any atom is 0.238 e. The molecule has 0 aromatic rings. The first kappa shape index (κ1) is 8.01. The monoisotopic (exact) mass is 169 g/mol. The fraction of sp³-hybridized carbons (Fsp3) is 0.875. The molecule has 2 saturated heterocycles. The average molecular weight is 169 g/mol. The van der Waals surface area contributed by atoms with Gasteiger partial charge in [-0.3, -0.25) is 9.80 Å². The molecule has 0 aromatic heterocycles. The van der Waals surface area contributed by atoms with Gasteiger partial charge in [-0.05, 0) is 13.0 Å². The van der Waals surface area contributed by atoms with Crippen LogP contribution >= 0.6 is 0 Å². The van der Waals surface area contributed by atoms with Crippen LogP contribution in [0.5, 0.6) is 0 Å². The lowest BCUT2D eigenvalue weighted by atomic mass is 10.2. The zero-order chi connectivity index (χ0) is 8.55. The van der Waals surface area contributed by atoms with E-state index in [1.54, 1.807) is 0 Å². The van der Waals surface area contributed by atoms with Crippen LogP contribution in [0, 0.1) is 0 Å². The van der Waals surface area contributed by atoms with Crippen molar-refractivity contribution in [3.05, 3.63) is 0 Å². The van der Waals surface area contributed by atoms with Gasteiger partial charge in [0.15, 0.2) is 0 Å². The molecule has 68 valence electrons. The van der Waals surface area contributed by atoms with Gasteiger partial charge >= 0.3 is 0 Å². The Morgan fingerprint density at radius 2 is 2.42 bits per heavy atom. The third-order valence-electron chi connectivity index (χ3n) is 2.65. The van der Waals surface area contributed by atoms with Crippen LogP contribution in [0.1, 0.15) is 12.8 Å². The van der Waals surface area contributed by atoms with Gasteiger partial charge in [0.25, 0.3) is 0 Å². The standard InChI is InChI=1S/C8H15N3O/c1-10-5-3-8(12)11(10)7-2-4-9-6-7/h7,9H,2-6H2,1H3. The van der Waals surface area contributed by atoms with E-state index in [1.165, 1.54) is 0 Å². The zero-order valence-corrected chi connectivity index (χ0v) is 7.42. The Morgan fingerprint density at radius 1 is 1.58 bits per heavy atom. The second-order valence-electron chi connectivity index (χ2n) is 3.52. The summed E-state index contributed by atoms with van der Waals surface area (Å²) in [4.78, 5) is 11.4. The summed E-state index contributed by atoms with van der Waals surface area (Å²) in [5, 5.41) is 7.23. The number of carbonyl (C=O) groups is 1. The topological polar surface area (TPSA) is 35.6 Å². The first-order chi connectivity index (χ1) is 5.79. The van der Waals surface area contributed by atoms with E-state index in [9.17, 15) is 4.79 Å². The summed E-state index contributed by atoms with van der Waals surface area (Å²) in [6.45, 7) is 2.88. The number of hydrogen-bond acceptors (Lipinski definition) is 3. The smallest absolute Gasteiger partial charge is 0.238 e. The molecule has 2 aliphatic heterocycles. The largest absolute Gasteiger partial charge is 0.315 e. The predicted molar refractivity (Wildman–Crippen MR) is 45.4 cm³/mol. The molecular weight excluding hydrogens is 154 g/mol. The molecule has 12 heavy (non-hydrogen) atoms. The highest BCUT2D eigenvalue weighted by Crippen LogP contribution is 2.17. The Labute approximate surface area is 72.5 Å². The zero-order valence-electron chi connectivity index (χ0n) is 7.42. The number of nitrogens with zero attached hydrogens (tertiary/aromatic N) is 2. The Balaban J connectivity index is 2.04. The van der Waals surface area contributed by atoms with Crippen LogP contribution in [0.25, 0.3) is 0 Å². The lowest BCUT2D eigenvalue weighted by Gasteiger charge is -2.29. The van der Waals surface area contributed by atoms with Gasteiger partial charge in [-0.1, -0.05) is 0 Å². The Kier molecular flexibility index (Phi) is 2.02. The second kappa shape index (κ2) is 3.03. The van der Waals surface area contributed by atoms with Gasteiger partial charge in [0, 0.05) is 26.6 Å². The van der Waals surface area contributed by atoms with Gasteiger partial charge in [0.2, 0.25) is 5.91 Å². The SMILES string of the molecule is CN1CCC(=O)N1C1CCNC1. The molecule has 2 fully saturated rings. The molecule has 2 heterocycles. The van der Waals surface area contributed by atoms with Crippen LogP contribution in [0.2, 0.25) is 0 Å². The molecular formula is C8H15N3O. The van der Waals surface area contributed by atoms with Gasteiger partial charge in [0.1, 0.15) is 0 Å². The molecule has 4 nitrogen and oxygen atoms in total. The quantitative estimate of drug-likeness (QED) is 0.571. The molecule has 1 N–H and O–H groups in total. The molecule has 0 aromatic carbocycles. The predicted octanol–water partition coefficient (Wildman–Crippen LogP) is -0.573. The maximum absolute atomic E-state index is 11.4. The van der Waals surface area contributed by atoms with Crippen LogP contribution in [0.4, 0.5) is 0 Å². The molecule has 0 aliphatic carbocycles. The van der Waals surface area contributed by atoms with Crippen molar-refractivity contribution in [1.29, 1.82) is 0 Å². The first-order valence-corrected chi connectivity index (χ1v) is 4.53. The minimum Gasteiger partial charge on any atom is -0.315 e. The summed E-state index contributed by atoms with van der Waals surface area (Å²) in [6, 6.07) is 0.407. The van der Waals surface area contributed by atoms with Crippen molar-refractivity contribution in [2.24, 2.45) is 0 Å². The summed E-state index contributed by atoms with van der Waals surface area (Å²) < 4.78 is 0. The Hall–Kier alpha value is -0.610. The molecule has 2 rings (SSSR count). The van der Waals surface area contributed by atoms with Gasteiger partial charge in [-0.25, -0.2) is 5.01 Å². The van der Waals surface area contributed by atoms with E-state index in [0.717, 1.165) is 26.1 Å². The lowest BCUT2D eigenvalue weighted by molar-refractivity contribution is -0.140. The number of rotatable bonds is 1. The van der Waals surface area contributed by atoms with Crippen molar-refractivity contribution in [3.63, 3.8) is 0 Å². The summed E-state index contributed by atoms with van der Waals surface area (Å²) in [5.41, 5.74) is 0. The molecule has 2 aliphatic rings. The number of amides is 1. The van der Waals surface area contributed by atoms with E-state index >= 15 is 0 Å². The molecule has 0 saturated carbocycles.